The maximum atomic E-state index is 5.88. The van der Waals surface area contributed by atoms with E-state index in [0.29, 0.717) is 11.6 Å². The Hall–Kier alpha value is -2.59. The number of aromatic nitrogens is 1. The summed E-state index contributed by atoms with van der Waals surface area (Å²) in [7, 11) is 0. The number of rotatable bonds is 2. The number of fused-ring (bicyclic) bond motifs is 1. The van der Waals surface area contributed by atoms with Crippen LogP contribution in [0.15, 0.2) is 75.6 Å². The number of oxazole rings is 1. The third kappa shape index (κ3) is 2.62. The van der Waals surface area contributed by atoms with Crippen molar-refractivity contribution in [1.82, 2.24) is 4.98 Å². The van der Waals surface area contributed by atoms with E-state index in [1.165, 1.54) is 0 Å². The van der Waals surface area contributed by atoms with E-state index in [1.54, 1.807) is 0 Å². The van der Waals surface area contributed by atoms with Gasteiger partial charge in [0, 0.05) is 10.2 Å². The Labute approximate surface area is 141 Å². The summed E-state index contributed by atoms with van der Waals surface area (Å²) in [5.41, 5.74) is 11.3. The van der Waals surface area contributed by atoms with Gasteiger partial charge in [-0.25, -0.2) is 4.98 Å². The lowest BCUT2D eigenvalue weighted by molar-refractivity contribution is 0.619. The van der Waals surface area contributed by atoms with Gasteiger partial charge in [0.05, 0.1) is 5.56 Å². The summed E-state index contributed by atoms with van der Waals surface area (Å²) in [5.74, 6) is 0.581. The molecule has 112 valence electrons. The van der Waals surface area contributed by atoms with Crippen molar-refractivity contribution in [3.8, 4) is 22.6 Å². The Kier molecular flexibility index (Phi) is 3.39. The average molecular weight is 365 g/mol. The van der Waals surface area contributed by atoms with E-state index in [9.17, 15) is 0 Å². The summed E-state index contributed by atoms with van der Waals surface area (Å²) < 4.78 is 6.75. The second-order valence-corrected chi connectivity index (χ2v) is 6.16. The number of hydrogen-bond acceptors (Lipinski definition) is 3. The van der Waals surface area contributed by atoms with Crippen LogP contribution in [0.25, 0.3) is 33.7 Å². The van der Waals surface area contributed by atoms with Crippen molar-refractivity contribution in [2.75, 3.05) is 5.73 Å². The average Bonchev–Trinajstić information content (AvgIpc) is 2.98. The van der Waals surface area contributed by atoms with E-state index >= 15 is 0 Å². The zero-order valence-corrected chi connectivity index (χ0v) is 13.7. The number of halogens is 1. The molecular formula is C19H13BrN2O. The molecule has 4 rings (SSSR count). The van der Waals surface area contributed by atoms with Crippen molar-refractivity contribution >= 4 is 32.7 Å². The van der Waals surface area contributed by atoms with Crippen molar-refractivity contribution in [1.29, 1.82) is 0 Å². The molecule has 0 unspecified atom stereocenters. The van der Waals surface area contributed by atoms with Crippen molar-refractivity contribution in [2.24, 2.45) is 0 Å². The molecule has 0 saturated heterocycles. The van der Waals surface area contributed by atoms with Gasteiger partial charge in [0.1, 0.15) is 5.52 Å². The summed E-state index contributed by atoms with van der Waals surface area (Å²) in [6.45, 7) is 0. The molecule has 1 heterocycles. The standard InChI is InChI=1S/C19H13BrN2O/c20-16-11-14(21)7-8-15(16)19-22-17-10-13(6-9-18(17)23-19)12-4-2-1-3-5-12/h1-11H,21H2. The van der Waals surface area contributed by atoms with Crippen molar-refractivity contribution in [3.63, 3.8) is 0 Å². The molecular weight excluding hydrogens is 352 g/mol. The fraction of sp³-hybridized carbons (Fsp3) is 0. The Morgan fingerprint density at radius 3 is 2.48 bits per heavy atom. The summed E-state index contributed by atoms with van der Waals surface area (Å²) >= 11 is 3.51. The first-order valence-electron chi connectivity index (χ1n) is 7.22. The largest absolute Gasteiger partial charge is 0.436 e. The van der Waals surface area contributed by atoms with Gasteiger partial charge in [0.25, 0.3) is 0 Å². The van der Waals surface area contributed by atoms with Gasteiger partial charge in [-0.1, -0.05) is 36.4 Å². The Bertz CT molecular complexity index is 993. The molecule has 0 spiro atoms. The molecule has 23 heavy (non-hydrogen) atoms. The van der Waals surface area contributed by atoms with Crippen LogP contribution in [0.2, 0.25) is 0 Å². The molecule has 4 aromatic rings. The van der Waals surface area contributed by atoms with Gasteiger partial charge < -0.3 is 10.2 Å². The maximum Gasteiger partial charge on any atom is 0.228 e. The van der Waals surface area contributed by atoms with E-state index in [2.05, 4.69) is 33.0 Å². The molecule has 0 aliphatic rings. The first-order chi connectivity index (χ1) is 11.2. The fourth-order valence-corrected chi connectivity index (χ4v) is 3.12. The molecule has 3 aromatic carbocycles. The predicted octanol–water partition coefficient (Wildman–Crippen LogP) is 5.51. The molecule has 0 radical (unpaired) electrons. The van der Waals surface area contributed by atoms with Gasteiger partial charge in [-0.3, -0.25) is 0 Å². The minimum absolute atomic E-state index is 0.581. The Morgan fingerprint density at radius 1 is 0.870 bits per heavy atom. The highest BCUT2D eigenvalue weighted by Crippen LogP contribution is 2.33. The summed E-state index contributed by atoms with van der Waals surface area (Å²) in [4.78, 5) is 4.62. The highest BCUT2D eigenvalue weighted by molar-refractivity contribution is 9.10. The number of benzene rings is 3. The van der Waals surface area contributed by atoms with E-state index in [4.69, 9.17) is 10.2 Å². The van der Waals surface area contributed by atoms with Crippen LogP contribution in [0.1, 0.15) is 0 Å². The Balaban J connectivity index is 1.82. The molecule has 1 aromatic heterocycles. The fourth-order valence-electron chi connectivity index (χ4n) is 2.56. The van der Waals surface area contributed by atoms with Crippen molar-refractivity contribution in [3.05, 3.63) is 71.2 Å². The lowest BCUT2D eigenvalue weighted by atomic mass is 10.1. The van der Waals surface area contributed by atoms with Gasteiger partial charge in [-0.15, -0.1) is 0 Å². The quantitative estimate of drug-likeness (QED) is 0.477. The minimum atomic E-state index is 0.581. The van der Waals surface area contributed by atoms with Crippen LogP contribution >= 0.6 is 15.9 Å². The third-order valence-corrected chi connectivity index (χ3v) is 4.37. The van der Waals surface area contributed by atoms with Crippen LogP contribution < -0.4 is 5.73 Å². The molecule has 0 amide bonds. The molecule has 0 bridgehead atoms. The van der Waals surface area contributed by atoms with Crippen molar-refractivity contribution < 1.29 is 4.42 Å². The molecule has 4 heteroatoms. The molecule has 0 aliphatic heterocycles. The van der Waals surface area contributed by atoms with Crippen LogP contribution in [0.5, 0.6) is 0 Å². The SMILES string of the molecule is Nc1ccc(-c2nc3cc(-c4ccccc4)ccc3o2)c(Br)c1. The molecule has 0 aliphatic carbocycles. The molecule has 0 fully saturated rings. The highest BCUT2D eigenvalue weighted by atomic mass is 79.9. The monoisotopic (exact) mass is 364 g/mol. The number of anilines is 1. The van der Waals surface area contributed by atoms with Crippen LogP contribution in [0, 0.1) is 0 Å². The van der Waals surface area contributed by atoms with Crippen LogP contribution in [0.3, 0.4) is 0 Å². The highest BCUT2D eigenvalue weighted by Gasteiger charge is 2.12. The van der Waals surface area contributed by atoms with E-state index in [0.717, 1.165) is 32.3 Å². The minimum Gasteiger partial charge on any atom is -0.436 e. The topological polar surface area (TPSA) is 52.0 Å². The lowest BCUT2D eigenvalue weighted by Gasteiger charge is -2.00. The molecule has 0 saturated carbocycles. The van der Waals surface area contributed by atoms with Gasteiger partial charge in [0.2, 0.25) is 5.89 Å². The maximum absolute atomic E-state index is 5.88. The normalized spacial score (nSPS) is 11.0. The number of nitrogens with zero attached hydrogens (tertiary/aromatic N) is 1. The summed E-state index contributed by atoms with van der Waals surface area (Å²) in [6, 6.07) is 21.9. The second-order valence-electron chi connectivity index (χ2n) is 5.31. The molecule has 2 N–H and O–H groups in total. The smallest absolute Gasteiger partial charge is 0.228 e. The number of hydrogen-bond donors (Lipinski definition) is 1. The van der Waals surface area contributed by atoms with Crippen LogP contribution in [-0.4, -0.2) is 4.98 Å². The Morgan fingerprint density at radius 2 is 1.70 bits per heavy atom. The van der Waals surface area contributed by atoms with E-state index < -0.39 is 0 Å². The lowest BCUT2D eigenvalue weighted by Crippen LogP contribution is -1.86. The van der Waals surface area contributed by atoms with Gasteiger partial charge in [0.15, 0.2) is 5.58 Å². The zero-order valence-electron chi connectivity index (χ0n) is 12.2. The van der Waals surface area contributed by atoms with Gasteiger partial charge in [-0.2, -0.15) is 0 Å². The van der Waals surface area contributed by atoms with E-state index in [-0.39, 0.29) is 0 Å². The van der Waals surface area contributed by atoms with Crippen LogP contribution in [-0.2, 0) is 0 Å². The number of nitrogens with two attached hydrogens (primary N) is 1. The number of nitrogen functional groups attached to an aromatic ring is 1. The zero-order chi connectivity index (χ0) is 15.8. The summed E-state index contributed by atoms with van der Waals surface area (Å²) in [5, 5.41) is 0. The van der Waals surface area contributed by atoms with Crippen molar-refractivity contribution in [2.45, 2.75) is 0 Å². The van der Waals surface area contributed by atoms with Gasteiger partial charge >= 0.3 is 0 Å². The van der Waals surface area contributed by atoms with Gasteiger partial charge in [-0.05, 0) is 57.4 Å². The predicted molar refractivity (Wildman–Crippen MR) is 97.0 cm³/mol. The van der Waals surface area contributed by atoms with Crippen LogP contribution in [0.4, 0.5) is 5.69 Å². The first kappa shape index (κ1) is 14.0. The summed E-state index contributed by atoms with van der Waals surface area (Å²) in [6.07, 6.45) is 0. The molecule has 0 atom stereocenters. The first-order valence-corrected chi connectivity index (χ1v) is 8.01. The second kappa shape index (κ2) is 5.56. The molecule has 3 nitrogen and oxygen atoms in total. The third-order valence-electron chi connectivity index (χ3n) is 3.72. The van der Waals surface area contributed by atoms with E-state index in [1.807, 2.05) is 54.6 Å².